The molecular formula is C25H25BrN4O3. The topological polar surface area (TPSA) is 89.5 Å². The summed E-state index contributed by atoms with van der Waals surface area (Å²) in [7, 11) is 1.53. The molecule has 0 saturated heterocycles. The highest BCUT2D eigenvalue weighted by molar-refractivity contribution is 9.10. The Labute approximate surface area is 201 Å². The highest BCUT2D eigenvalue weighted by Crippen LogP contribution is 2.33. The Morgan fingerprint density at radius 2 is 2.15 bits per heavy atom. The van der Waals surface area contributed by atoms with E-state index in [0.29, 0.717) is 41.1 Å². The SMILES string of the molecule is C=CCc1cc(C=Nn2c(CCCC)nc3ccc(Br)cc3c2=O)cc(OC)c1OCC#N. The van der Waals surface area contributed by atoms with Gasteiger partial charge in [0.1, 0.15) is 11.9 Å². The minimum absolute atomic E-state index is 0.0948. The third kappa shape index (κ3) is 5.68. The van der Waals surface area contributed by atoms with E-state index in [4.69, 9.17) is 19.7 Å². The molecule has 1 aromatic heterocycles. The number of unbranched alkanes of at least 4 members (excludes halogenated alkanes) is 1. The predicted octanol–water partition coefficient (Wildman–Crippen LogP) is 5.02. The average Bonchev–Trinajstić information content (AvgIpc) is 2.81. The minimum Gasteiger partial charge on any atom is -0.493 e. The number of fused-ring (bicyclic) bond motifs is 1. The van der Waals surface area contributed by atoms with Gasteiger partial charge in [0.05, 0.1) is 24.2 Å². The van der Waals surface area contributed by atoms with Crippen molar-refractivity contribution < 1.29 is 9.47 Å². The molecule has 7 nitrogen and oxygen atoms in total. The van der Waals surface area contributed by atoms with Crippen molar-refractivity contribution >= 4 is 33.0 Å². The number of nitriles is 1. The van der Waals surface area contributed by atoms with Gasteiger partial charge in [-0.2, -0.15) is 15.0 Å². The van der Waals surface area contributed by atoms with Gasteiger partial charge in [0.2, 0.25) is 0 Å². The first kappa shape index (κ1) is 24.2. The van der Waals surface area contributed by atoms with Crippen molar-refractivity contribution in [2.45, 2.75) is 32.6 Å². The first-order chi connectivity index (χ1) is 16.0. The fraction of sp³-hybridized carbons (Fsp3) is 0.280. The summed E-state index contributed by atoms with van der Waals surface area (Å²) in [6.07, 6.45) is 6.38. The molecule has 0 atom stereocenters. The smallest absolute Gasteiger partial charge is 0.282 e. The highest BCUT2D eigenvalue weighted by Gasteiger charge is 2.14. The summed E-state index contributed by atoms with van der Waals surface area (Å²) < 4.78 is 13.2. The fourth-order valence-electron chi connectivity index (χ4n) is 3.42. The van der Waals surface area contributed by atoms with Crippen LogP contribution in [0.1, 0.15) is 36.7 Å². The van der Waals surface area contributed by atoms with Crippen molar-refractivity contribution in [2.75, 3.05) is 13.7 Å². The third-order valence-corrected chi connectivity index (χ3v) is 5.46. The Morgan fingerprint density at radius 1 is 1.33 bits per heavy atom. The molecular weight excluding hydrogens is 484 g/mol. The van der Waals surface area contributed by atoms with Crippen LogP contribution in [0.5, 0.6) is 11.5 Å². The van der Waals surface area contributed by atoms with Crippen LogP contribution in [0.3, 0.4) is 0 Å². The largest absolute Gasteiger partial charge is 0.493 e. The Kier molecular flexibility index (Phi) is 8.39. The lowest BCUT2D eigenvalue weighted by atomic mass is 10.1. The van der Waals surface area contributed by atoms with Crippen molar-refractivity contribution in [3.8, 4) is 17.6 Å². The van der Waals surface area contributed by atoms with Gasteiger partial charge >= 0.3 is 0 Å². The molecule has 8 heteroatoms. The van der Waals surface area contributed by atoms with E-state index in [1.807, 2.05) is 24.3 Å². The zero-order valence-electron chi connectivity index (χ0n) is 18.7. The maximum Gasteiger partial charge on any atom is 0.282 e. The van der Waals surface area contributed by atoms with Gasteiger partial charge in [-0.1, -0.05) is 35.4 Å². The molecule has 0 unspecified atom stereocenters. The molecule has 2 aromatic carbocycles. The van der Waals surface area contributed by atoms with Gasteiger partial charge in [-0.05, 0) is 48.7 Å². The second-order valence-electron chi connectivity index (χ2n) is 7.31. The molecule has 0 aliphatic carbocycles. The third-order valence-electron chi connectivity index (χ3n) is 4.97. The molecule has 1 heterocycles. The second-order valence-corrected chi connectivity index (χ2v) is 8.22. The lowest BCUT2D eigenvalue weighted by Gasteiger charge is -2.14. The van der Waals surface area contributed by atoms with E-state index in [9.17, 15) is 4.79 Å². The van der Waals surface area contributed by atoms with Crippen LogP contribution in [0.25, 0.3) is 10.9 Å². The van der Waals surface area contributed by atoms with Crippen LogP contribution in [0.2, 0.25) is 0 Å². The number of halogens is 1. The molecule has 0 bridgehead atoms. The maximum absolute atomic E-state index is 13.3. The summed E-state index contributed by atoms with van der Waals surface area (Å²) in [6, 6.07) is 11.1. The van der Waals surface area contributed by atoms with Crippen LogP contribution in [0.15, 0.2) is 57.4 Å². The predicted molar refractivity (Wildman–Crippen MR) is 133 cm³/mol. The number of aryl methyl sites for hydroxylation is 1. The van der Waals surface area contributed by atoms with E-state index in [1.54, 1.807) is 24.4 Å². The number of hydrogen-bond acceptors (Lipinski definition) is 6. The van der Waals surface area contributed by atoms with Gasteiger partial charge in [-0.3, -0.25) is 4.79 Å². The van der Waals surface area contributed by atoms with E-state index in [0.717, 1.165) is 28.4 Å². The number of hydrogen-bond donors (Lipinski definition) is 0. The Hall–Kier alpha value is -3.44. The first-order valence-corrected chi connectivity index (χ1v) is 11.4. The monoisotopic (exact) mass is 508 g/mol. The summed E-state index contributed by atoms with van der Waals surface area (Å²) in [5.41, 5.74) is 1.95. The number of aromatic nitrogens is 2. The number of benzene rings is 2. The molecule has 3 rings (SSSR count). The van der Waals surface area contributed by atoms with Crippen LogP contribution in [-0.2, 0) is 12.8 Å². The van der Waals surface area contributed by atoms with Crippen LogP contribution in [0, 0.1) is 11.3 Å². The number of rotatable bonds is 10. The average molecular weight is 509 g/mol. The van der Waals surface area contributed by atoms with Crippen molar-refractivity contribution in [1.29, 1.82) is 5.26 Å². The molecule has 0 amide bonds. The first-order valence-electron chi connectivity index (χ1n) is 10.6. The Balaban J connectivity index is 2.11. The molecule has 0 aliphatic rings. The van der Waals surface area contributed by atoms with E-state index < -0.39 is 0 Å². The lowest BCUT2D eigenvalue weighted by molar-refractivity contribution is 0.327. The number of ether oxygens (including phenoxy) is 2. The van der Waals surface area contributed by atoms with Crippen molar-refractivity contribution in [3.63, 3.8) is 0 Å². The number of allylic oxidation sites excluding steroid dienone is 1. The maximum atomic E-state index is 13.3. The van der Waals surface area contributed by atoms with Crippen molar-refractivity contribution in [2.24, 2.45) is 5.10 Å². The van der Waals surface area contributed by atoms with Gasteiger partial charge in [-0.25, -0.2) is 4.98 Å². The van der Waals surface area contributed by atoms with E-state index in [1.165, 1.54) is 11.8 Å². The molecule has 0 saturated carbocycles. The normalized spacial score (nSPS) is 11.0. The minimum atomic E-state index is -0.226. The lowest BCUT2D eigenvalue weighted by Crippen LogP contribution is -2.22. The molecule has 0 N–H and O–H groups in total. The Morgan fingerprint density at radius 3 is 2.85 bits per heavy atom. The fourth-order valence-corrected chi connectivity index (χ4v) is 3.78. The zero-order valence-corrected chi connectivity index (χ0v) is 20.3. The van der Waals surface area contributed by atoms with Gasteiger partial charge in [0.15, 0.2) is 18.1 Å². The van der Waals surface area contributed by atoms with Crippen LogP contribution < -0.4 is 15.0 Å². The Bertz CT molecular complexity index is 1290. The molecule has 33 heavy (non-hydrogen) atoms. The van der Waals surface area contributed by atoms with Crippen molar-refractivity contribution in [3.05, 3.63) is 74.8 Å². The highest BCUT2D eigenvalue weighted by atomic mass is 79.9. The summed E-state index contributed by atoms with van der Waals surface area (Å²) >= 11 is 3.42. The van der Waals surface area contributed by atoms with Crippen molar-refractivity contribution in [1.82, 2.24) is 9.66 Å². The second kappa shape index (κ2) is 11.4. The van der Waals surface area contributed by atoms with Crippen LogP contribution in [0.4, 0.5) is 0 Å². The molecule has 0 spiro atoms. The summed E-state index contributed by atoms with van der Waals surface area (Å²) in [4.78, 5) is 17.9. The molecule has 0 aliphatic heterocycles. The van der Waals surface area contributed by atoms with E-state index in [2.05, 4.69) is 34.5 Å². The van der Waals surface area contributed by atoms with Gasteiger partial charge < -0.3 is 9.47 Å². The molecule has 0 radical (unpaired) electrons. The summed E-state index contributed by atoms with van der Waals surface area (Å²) in [5.74, 6) is 1.58. The van der Waals surface area contributed by atoms with E-state index in [-0.39, 0.29) is 12.2 Å². The zero-order chi connectivity index (χ0) is 23.8. The summed E-state index contributed by atoms with van der Waals surface area (Å²) in [6.45, 7) is 5.79. The number of nitrogens with zero attached hydrogens (tertiary/aromatic N) is 4. The van der Waals surface area contributed by atoms with Gasteiger partial charge in [0.25, 0.3) is 5.56 Å². The van der Waals surface area contributed by atoms with E-state index >= 15 is 0 Å². The standard InChI is InChI=1S/C25H25BrN4O3/c1-4-6-8-23-29-21-10-9-19(26)15-20(21)25(31)30(23)28-16-17-13-18(7-5-2)24(33-12-11-27)22(14-17)32-3/h5,9-10,13-16H,2,4,6-8,12H2,1,3H3. The van der Waals surface area contributed by atoms with Gasteiger partial charge in [-0.15, -0.1) is 6.58 Å². The molecule has 3 aromatic rings. The molecule has 0 fully saturated rings. The molecule has 170 valence electrons. The summed E-state index contributed by atoms with van der Waals surface area (Å²) in [5, 5.41) is 13.9. The number of methoxy groups -OCH3 is 1. The van der Waals surface area contributed by atoms with Gasteiger partial charge in [0, 0.05) is 16.5 Å². The quantitative estimate of drug-likeness (QED) is 0.283. The van der Waals surface area contributed by atoms with Crippen LogP contribution in [-0.4, -0.2) is 29.6 Å². The van der Waals surface area contributed by atoms with Crippen LogP contribution >= 0.6 is 15.9 Å².